The predicted molar refractivity (Wildman–Crippen MR) is 122 cm³/mol. The Morgan fingerprint density at radius 1 is 1.31 bits per heavy atom. The summed E-state index contributed by atoms with van der Waals surface area (Å²) in [7, 11) is 0. The Bertz CT molecular complexity index is 877. The lowest BCUT2D eigenvalue weighted by Gasteiger charge is -2.31. The number of thiocarbonyl (C=S) groups is 1. The Morgan fingerprint density at radius 3 is 2.86 bits per heavy atom. The van der Waals surface area contributed by atoms with E-state index in [0.717, 1.165) is 85.9 Å². The Balaban J connectivity index is 1.74. The highest BCUT2D eigenvalue weighted by Gasteiger charge is 2.16. The zero-order valence-corrected chi connectivity index (χ0v) is 18.3. The molecule has 1 aliphatic rings. The van der Waals surface area contributed by atoms with Crippen LogP contribution in [0.5, 0.6) is 0 Å². The van der Waals surface area contributed by atoms with Gasteiger partial charge in [0, 0.05) is 43.8 Å². The summed E-state index contributed by atoms with van der Waals surface area (Å²) in [6, 6.07) is 8.12. The average Bonchev–Trinajstić information content (AvgIpc) is 2.72. The summed E-state index contributed by atoms with van der Waals surface area (Å²) in [6.07, 6.45) is 2.19. The highest BCUT2D eigenvalue weighted by Crippen LogP contribution is 2.14. The van der Waals surface area contributed by atoms with Crippen molar-refractivity contribution in [2.75, 3.05) is 45.9 Å². The third-order valence-electron chi connectivity index (χ3n) is 5.32. The van der Waals surface area contributed by atoms with E-state index in [2.05, 4.69) is 39.2 Å². The molecule has 6 nitrogen and oxygen atoms in total. The molecule has 0 radical (unpaired) electrons. The van der Waals surface area contributed by atoms with E-state index >= 15 is 0 Å². The Hall–Kier alpha value is -1.96. The predicted octanol–water partition coefficient (Wildman–Crippen LogP) is 2.65. The maximum atomic E-state index is 12.7. The molecule has 0 saturated carbocycles. The summed E-state index contributed by atoms with van der Waals surface area (Å²) in [6.45, 7) is 10.7. The van der Waals surface area contributed by atoms with Crippen molar-refractivity contribution >= 4 is 28.2 Å². The van der Waals surface area contributed by atoms with E-state index in [1.165, 1.54) is 0 Å². The molecule has 0 spiro atoms. The van der Waals surface area contributed by atoms with Gasteiger partial charge in [-0.3, -0.25) is 9.69 Å². The van der Waals surface area contributed by atoms with Crippen molar-refractivity contribution in [2.45, 2.75) is 33.2 Å². The normalized spacial score (nSPS) is 14.8. The average molecular weight is 417 g/mol. The quantitative estimate of drug-likeness (QED) is 0.510. The number of aromatic amines is 1. The number of unbranched alkanes of at least 4 members (excludes halogenated alkanes) is 1. The highest BCUT2D eigenvalue weighted by molar-refractivity contribution is 7.80. The van der Waals surface area contributed by atoms with E-state index in [0.29, 0.717) is 6.54 Å². The molecular formula is C22H32N4O2S. The second kappa shape index (κ2) is 10.7. The van der Waals surface area contributed by atoms with Crippen LogP contribution in [0, 0.1) is 6.92 Å². The van der Waals surface area contributed by atoms with Crippen LogP contribution in [-0.2, 0) is 11.3 Å². The molecule has 3 rings (SSSR count). The first-order valence-electron chi connectivity index (χ1n) is 10.5. The SMILES string of the molecule is CCCCNC(=S)N(CCN1CCOCC1)Cc1cc2ccc(C)cc2[nH]c1=O. The van der Waals surface area contributed by atoms with Gasteiger partial charge in [-0.25, -0.2) is 0 Å². The summed E-state index contributed by atoms with van der Waals surface area (Å²) >= 11 is 5.67. The van der Waals surface area contributed by atoms with Gasteiger partial charge in [0.1, 0.15) is 0 Å². The van der Waals surface area contributed by atoms with E-state index in [-0.39, 0.29) is 5.56 Å². The topological polar surface area (TPSA) is 60.6 Å². The molecule has 2 aromatic rings. The van der Waals surface area contributed by atoms with Crippen molar-refractivity contribution < 1.29 is 4.74 Å². The molecule has 1 aliphatic heterocycles. The zero-order chi connectivity index (χ0) is 20.6. The van der Waals surface area contributed by atoms with Gasteiger partial charge in [-0.2, -0.15) is 0 Å². The minimum atomic E-state index is -0.0455. The maximum absolute atomic E-state index is 12.7. The van der Waals surface area contributed by atoms with Gasteiger partial charge in [0.25, 0.3) is 5.56 Å². The molecule has 29 heavy (non-hydrogen) atoms. The van der Waals surface area contributed by atoms with Crippen LogP contribution in [0.1, 0.15) is 30.9 Å². The number of hydrogen-bond donors (Lipinski definition) is 2. The molecule has 0 atom stereocenters. The fraction of sp³-hybridized carbons (Fsp3) is 0.545. The van der Waals surface area contributed by atoms with Gasteiger partial charge >= 0.3 is 0 Å². The number of benzene rings is 1. The number of H-pyrrole nitrogens is 1. The van der Waals surface area contributed by atoms with Crippen molar-refractivity contribution in [1.82, 2.24) is 20.1 Å². The molecule has 0 unspecified atom stereocenters. The monoisotopic (exact) mass is 416 g/mol. The van der Waals surface area contributed by atoms with Crippen LogP contribution in [0.4, 0.5) is 0 Å². The summed E-state index contributed by atoms with van der Waals surface area (Å²) in [5, 5.41) is 5.12. The molecule has 1 aromatic heterocycles. The summed E-state index contributed by atoms with van der Waals surface area (Å²) in [5.74, 6) is 0. The molecule has 0 amide bonds. The van der Waals surface area contributed by atoms with Gasteiger partial charge in [-0.05, 0) is 48.6 Å². The molecule has 1 saturated heterocycles. The first-order chi connectivity index (χ1) is 14.1. The van der Waals surface area contributed by atoms with Crippen molar-refractivity contribution in [3.63, 3.8) is 0 Å². The summed E-state index contributed by atoms with van der Waals surface area (Å²) < 4.78 is 5.44. The summed E-state index contributed by atoms with van der Waals surface area (Å²) in [5.41, 5.74) is 2.70. The van der Waals surface area contributed by atoms with E-state index in [1.807, 2.05) is 19.1 Å². The molecule has 7 heteroatoms. The molecule has 2 heterocycles. The number of aryl methyl sites for hydroxylation is 1. The summed E-state index contributed by atoms with van der Waals surface area (Å²) in [4.78, 5) is 20.2. The number of ether oxygens (including phenoxy) is 1. The Kier molecular flexibility index (Phi) is 8.03. The first-order valence-corrected chi connectivity index (χ1v) is 10.9. The Labute approximate surface area is 178 Å². The van der Waals surface area contributed by atoms with Crippen LogP contribution in [-0.4, -0.2) is 65.8 Å². The molecule has 0 aliphatic carbocycles. The van der Waals surface area contributed by atoms with Gasteiger partial charge in [0.15, 0.2) is 5.11 Å². The number of fused-ring (bicyclic) bond motifs is 1. The van der Waals surface area contributed by atoms with Crippen molar-refractivity contribution in [3.8, 4) is 0 Å². The zero-order valence-electron chi connectivity index (χ0n) is 17.5. The minimum Gasteiger partial charge on any atom is -0.379 e. The van der Waals surface area contributed by atoms with Crippen LogP contribution < -0.4 is 10.9 Å². The largest absolute Gasteiger partial charge is 0.379 e. The van der Waals surface area contributed by atoms with Crippen LogP contribution in [0.3, 0.4) is 0 Å². The lowest BCUT2D eigenvalue weighted by atomic mass is 10.1. The second-order valence-electron chi connectivity index (χ2n) is 7.68. The fourth-order valence-electron chi connectivity index (χ4n) is 3.51. The standard InChI is InChI=1S/C22H32N4O2S/c1-3-4-7-23-22(29)26(9-8-25-10-12-28-13-11-25)16-19-15-18-6-5-17(2)14-20(18)24-21(19)27/h5-6,14-15H,3-4,7-13,16H2,1-2H3,(H,23,29)(H,24,27). The van der Waals surface area contributed by atoms with E-state index in [4.69, 9.17) is 17.0 Å². The third kappa shape index (κ3) is 6.26. The van der Waals surface area contributed by atoms with Gasteiger partial charge in [0.2, 0.25) is 0 Å². The molecule has 2 N–H and O–H groups in total. The van der Waals surface area contributed by atoms with Crippen molar-refractivity contribution in [1.29, 1.82) is 0 Å². The Morgan fingerprint density at radius 2 is 2.10 bits per heavy atom. The van der Waals surface area contributed by atoms with Crippen LogP contribution in [0.25, 0.3) is 10.9 Å². The van der Waals surface area contributed by atoms with Gasteiger partial charge in [-0.15, -0.1) is 0 Å². The van der Waals surface area contributed by atoms with E-state index in [9.17, 15) is 4.79 Å². The maximum Gasteiger partial charge on any atom is 0.253 e. The molecule has 1 aromatic carbocycles. The highest BCUT2D eigenvalue weighted by atomic mass is 32.1. The van der Waals surface area contributed by atoms with Crippen LogP contribution in [0.15, 0.2) is 29.1 Å². The third-order valence-corrected chi connectivity index (χ3v) is 5.73. The van der Waals surface area contributed by atoms with Gasteiger partial charge in [0.05, 0.1) is 19.8 Å². The van der Waals surface area contributed by atoms with E-state index < -0.39 is 0 Å². The minimum absolute atomic E-state index is 0.0455. The van der Waals surface area contributed by atoms with Crippen molar-refractivity contribution in [3.05, 3.63) is 45.7 Å². The number of morpholine rings is 1. The molecule has 158 valence electrons. The molecular weight excluding hydrogens is 384 g/mol. The number of aromatic nitrogens is 1. The number of hydrogen-bond acceptors (Lipinski definition) is 4. The lowest BCUT2D eigenvalue weighted by molar-refractivity contribution is 0.0357. The first kappa shape index (κ1) is 21.7. The van der Waals surface area contributed by atoms with Crippen LogP contribution in [0.2, 0.25) is 0 Å². The molecule has 0 bridgehead atoms. The number of nitrogens with one attached hydrogen (secondary N) is 2. The van der Waals surface area contributed by atoms with Gasteiger partial charge < -0.3 is 19.9 Å². The molecule has 1 fully saturated rings. The number of pyridine rings is 1. The van der Waals surface area contributed by atoms with E-state index in [1.54, 1.807) is 0 Å². The van der Waals surface area contributed by atoms with Crippen LogP contribution >= 0.6 is 12.2 Å². The van der Waals surface area contributed by atoms with Crippen molar-refractivity contribution in [2.24, 2.45) is 0 Å². The second-order valence-corrected chi connectivity index (χ2v) is 8.06. The number of rotatable bonds is 8. The lowest BCUT2D eigenvalue weighted by Crippen LogP contribution is -2.46. The smallest absolute Gasteiger partial charge is 0.253 e. The van der Waals surface area contributed by atoms with Gasteiger partial charge in [-0.1, -0.05) is 25.5 Å². The number of nitrogens with zero attached hydrogens (tertiary/aromatic N) is 2. The fourth-order valence-corrected chi connectivity index (χ4v) is 3.76.